The molecule has 0 spiro atoms. The average molecular weight is 395 g/mol. The van der Waals surface area contributed by atoms with Crippen LogP contribution in [0, 0.1) is 6.92 Å². The fourth-order valence-electron chi connectivity index (χ4n) is 2.43. The lowest BCUT2D eigenvalue weighted by Crippen LogP contribution is -2.19. The molecule has 3 aromatic rings. The first-order valence-corrected chi connectivity index (χ1v) is 9.20. The van der Waals surface area contributed by atoms with Crippen molar-refractivity contribution in [1.82, 2.24) is 4.57 Å². The smallest absolute Gasteiger partial charge is 0.279 e. The van der Waals surface area contributed by atoms with Crippen molar-refractivity contribution in [2.75, 3.05) is 13.7 Å². The molecule has 7 heteroatoms. The van der Waals surface area contributed by atoms with Crippen LogP contribution in [0.1, 0.15) is 15.9 Å². The van der Waals surface area contributed by atoms with E-state index in [1.807, 2.05) is 29.7 Å². The number of benzene rings is 2. The van der Waals surface area contributed by atoms with Gasteiger partial charge < -0.3 is 9.30 Å². The summed E-state index contributed by atoms with van der Waals surface area (Å²) in [7, 11) is 1.62. The first-order chi connectivity index (χ1) is 12.0. The molecule has 0 N–H and O–H groups in total. The van der Waals surface area contributed by atoms with Crippen LogP contribution < -0.4 is 4.80 Å². The van der Waals surface area contributed by atoms with E-state index in [9.17, 15) is 4.79 Å². The van der Waals surface area contributed by atoms with Gasteiger partial charge in [-0.3, -0.25) is 4.79 Å². The van der Waals surface area contributed by atoms with Crippen LogP contribution in [-0.4, -0.2) is 24.2 Å². The first kappa shape index (κ1) is 18.1. The van der Waals surface area contributed by atoms with Gasteiger partial charge in [-0.2, -0.15) is 4.99 Å². The van der Waals surface area contributed by atoms with E-state index < -0.39 is 0 Å². The van der Waals surface area contributed by atoms with Gasteiger partial charge in [0.2, 0.25) is 0 Å². The molecule has 0 atom stereocenters. The molecule has 0 saturated carbocycles. The van der Waals surface area contributed by atoms with E-state index >= 15 is 0 Å². The average Bonchev–Trinajstić information content (AvgIpc) is 2.94. The van der Waals surface area contributed by atoms with Gasteiger partial charge in [-0.1, -0.05) is 52.2 Å². The predicted octanol–water partition coefficient (Wildman–Crippen LogP) is 4.71. The maximum atomic E-state index is 12.5. The number of methoxy groups -OCH3 is 1. The normalized spacial score (nSPS) is 12.1. The van der Waals surface area contributed by atoms with Crippen molar-refractivity contribution in [2.45, 2.75) is 13.5 Å². The lowest BCUT2D eigenvalue weighted by atomic mass is 10.1. The highest BCUT2D eigenvalue weighted by molar-refractivity contribution is 7.16. The minimum absolute atomic E-state index is 0.292. The molecule has 1 aromatic heterocycles. The van der Waals surface area contributed by atoms with Gasteiger partial charge in [-0.15, -0.1) is 0 Å². The topological polar surface area (TPSA) is 43.6 Å². The molecule has 0 aliphatic rings. The van der Waals surface area contributed by atoms with E-state index in [4.69, 9.17) is 27.9 Å². The molecule has 25 heavy (non-hydrogen) atoms. The molecule has 0 aliphatic carbocycles. The molecule has 1 amide bonds. The summed E-state index contributed by atoms with van der Waals surface area (Å²) in [6.07, 6.45) is 0. The Hall–Kier alpha value is -1.66. The standard InChI is InChI=1S/C18H16Cl2N2O2S/c1-11-3-5-12(6-4-11)17(23)21-18-22(9-10-24-2)16-14(25-18)8-7-13(19)15(16)20/h3-8H,9-10H2,1-2H3. The number of rotatable bonds is 4. The number of amides is 1. The van der Waals surface area contributed by atoms with Gasteiger partial charge in [0.25, 0.3) is 5.91 Å². The van der Waals surface area contributed by atoms with E-state index in [0.29, 0.717) is 33.6 Å². The van der Waals surface area contributed by atoms with Crippen LogP contribution in [0.5, 0.6) is 0 Å². The number of halogens is 2. The molecule has 4 nitrogen and oxygen atoms in total. The third-order valence-corrected chi connectivity index (χ3v) is 5.59. The van der Waals surface area contributed by atoms with Crippen molar-refractivity contribution in [3.63, 3.8) is 0 Å². The molecule has 0 fully saturated rings. The first-order valence-electron chi connectivity index (χ1n) is 7.63. The Labute approximate surface area is 159 Å². The molecule has 0 radical (unpaired) electrons. The number of hydrogen-bond acceptors (Lipinski definition) is 3. The third kappa shape index (κ3) is 3.80. The minimum atomic E-state index is -0.292. The zero-order valence-electron chi connectivity index (χ0n) is 13.8. The van der Waals surface area contributed by atoms with Gasteiger partial charge in [0, 0.05) is 19.2 Å². The fraction of sp³-hybridized carbons (Fsp3) is 0.222. The van der Waals surface area contributed by atoms with Gasteiger partial charge in [-0.05, 0) is 31.2 Å². The number of fused-ring (bicyclic) bond motifs is 1. The van der Waals surface area contributed by atoms with Crippen molar-refractivity contribution < 1.29 is 9.53 Å². The summed E-state index contributed by atoms with van der Waals surface area (Å²) in [6, 6.07) is 11.0. The zero-order valence-corrected chi connectivity index (χ0v) is 16.1. The quantitative estimate of drug-likeness (QED) is 0.643. The maximum absolute atomic E-state index is 12.5. The van der Waals surface area contributed by atoms with Gasteiger partial charge in [-0.25, -0.2) is 0 Å². The fourth-order valence-corrected chi connectivity index (χ4v) is 3.96. The molecule has 0 saturated heterocycles. The van der Waals surface area contributed by atoms with Crippen LogP contribution in [0.4, 0.5) is 0 Å². The molecule has 3 rings (SSSR count). The summed E-state index contributed by atoms with van der Waals surface area (Å²) in [4.78, 5) is 17.4. The Morgan fingerprint density at radius 2 is 1.92 bits per heavy atom. The number of nitrogens with zero attached hydrogens (tertiary/aromatic N) is 2. The van der Waals surface area contributed by atoms with Crippen molar-refractivity contribution in [2.24, 2.45) is 4.99 Å². The molecule has 130 valence electrons. The SMILES string of the molecule is COCCn1c(=NC(=O)c2ccc(C)cc2)sc2ccc(Cl)c(Cl)c21. The van der Waals surface area contributed by atoms with Crippen LogP contribution in [-0.2, 0) is 11.3 Å². The Kier molecular flexibility index (Phi) is 5.59. The van der Waals surface area contributed by atoms with E-state index in [-0.39, 0.29) is 5.91 Å². The van der Waals surface area contributed by atoms with Crippen molar-refractivity contribution >= 4 is 50.7 Å². The van der Waals surface area contributed by atoms with Gasteiger partial charge in [0.1, 0.15) is 0 Å². The number of carbonyl (C=O) groups is 1. The second kappa shape index (κ2) is 7.70. The second-order valence-electron chi connectivity index (χ2n) is 5.52. The minimum Gasteiger partial charge on any atom is -0.383 e. The van der Waals surface area contributed by atoms with Crippen LogP contribution >= 0.6 is 34.5 Å². The highest BCUT2D eigenvalue weighted by atomic mass is 35.5. The molecule has 0 unspecified atom stereocenters. The maximum Gasteiger partial charge on any atom is 0.279 e. The molecular weight excluding hydrogens is 379 g/mol. The number of hydrogen-bond donors (Lipinski definition) is 0. The van der Waals surface area contributed by atoms with E-state index in [0.717, 1.165) is 15.8 Å². The second-order valence-corrected chi connectivity index (χ2v) is 7.31. The van der Waals surface area contributed by atoms with Crippen LogP contribution in [0.25, 0.3) is 10.2 Å². The van der Waals surface area contributed by atoms with Crippen LogP contribution in [0.15, 0.2) is 41.4 Å². The number of carbonyl (C=O) groups excluding carboxylic acids is 1. The zero-order chi connectivity index (χ0) is 18.0. The predicted molar refractivity (Wildman–Crippen MR) is 103 cm³/mol. The lowest BCUT2D eigenvalue weighted by molar-refractivity contribution is 0.0997. The molecule has 0 bridgehead atoms. The number of aryl methyl sites for hydroxylation is 1. The molecule has 0 aliphatic heterocycles. The summed E-state index contributed by atoms with van der Waals surface area (Å²) >= 11 is 13.9. The summed E-state index contributed by atoms with van der Waals surface area (Å²) in [5.41, 5.74) is 2.41. The number of ether oxygens (including phenoxy) is 1. The third-order valence-electron chi connectivity index (χ3n) is 3.75. The number of thiazole rings is 1. The van der Waals surface area contributed by atoms with E-state index in [2.05, 4.69) is 4.99 Å². The highest BCUT2D eigenvalue weighted by Gasteiger charge is 2.14. The molecule has 1 heterocycles. The van der Waals surface area contributed by atoms with Gasteiger partial charge in [0.15, 0.2) is 4.80 Å². The largest absolute Gasteiger partial charge is 0.383 e. The Morgan fingerprint density at radius 3 is 2.60 bits per heavy atom. The van der Waals surface area contributed by atoms with E-state index in [1.54, 1.807) is 25.3 Å². The highest BCUT2D eigenvalue weighted by Crippen LogP contribution is 2.32. The Morgan fingerprint density at radius 1 is 1.20 bits per heavy atom. The van der Waals surface area contributed by atoms with E-state index in [1.165, 1.54) is 11.3 Å². The molecular formula is C18H16Cl2N2O2S. The van der Waals surface area contributed by atoms with Crippen molar-refractivity contribution in [3.8, 4) is 0 Å². The Bertz CT molecular complexity index is 991. The van der Waals surface area contributed by atoms with Gasteiger partial charge in [0.05, 0.1) is 26.9 Å². The summed E-state index contributed by atoms with van der Waals surface area (Å²) in [5.74, 6) is -0.292. The molecule has 2 aromatic carbocycles. The monoisotopic (exact) mass is 394 g/mol. The van der Waals surface area contributed by atoms with Crippen LogP contribution in [0.3, 0.4) is 0 Å². The Balaban J connectivity index is 2.15. The van der Waals surface area contributed by atoms with Crippen molar-refractivity contribution in [3.05, 3.63) is 62.4 Å². The lowest BCUT2D eigenvalue weighted by Gasteiger charge is -2.06. The number of aromatic nitrogens is 1. The van der Waals surface area contributed by atoms with Gasteiger partial charge >= 0.3 is 0 Å². The van der Waals surface area contributed by atoms with Crippen molar-refractivity contribution in [1.29, 1.82) is 0 Å². The summed E-state index contributed by atoms with van der Waals surface area (Å²) in [5, 5.41) is 0.922. The van der Waals surface area contributed by atoms with Crippen LogP contribution in [0.2, 0.25) is 10.0 Å². The summed E-state index contributed by atoms with van der Waals surface area (Å²) in [6.45, 7) is 2.97. The summed E-state index contributed by atoms with van der Waals surface area (Å²) < 4.78 is 7.97.